The molecule has 7 heteroatoms. The number of carboxylic acid groups (broad SMARTS) is 1. The van der Waals surface area contributed by atoms with E-state index in [4.69, 9.17) is 15.6 Å². The minimum Gasteiger partial charge on any atom is -0.488 e. The van der Waals surface area contributed by atoms with Gasteiger partial charge >= 0.3 is 5.97 Å². The molecule has 7 nitrogen and oxygen atoms in total. The Labute approximate surface area is 164 Å². The molecule has 0 unspecified atom stereocenters. The highest BCUT2D eigenvalue weighted by molar-refractivity contribution is 5.89. The number of aromatic carboxylic acids is 1. The number of nitrogens with two attached hydrogens (primary N) is 1. The summed E-state index contributed by atoms with van der Waals surface area (Å²) in [7, 11) is 0. The van der Waals surface area contributed by atoms with Gasteiger partial charge in [-0.2, -0.15) is 0 Å². The summed E-state index contributed by atoms with van der Waals surface area (Å²) in [6.07, 6.45) is 5.25. The lowest BCUT2D eigenvalue weighted by Gasteiger charge is -2.17. The van der Waals surface area contributed by atoms with Crippen LogP contribution in [0.1, 0.15) is 56.3 Å². The number of unbranched alkanes of at least 4 members (excludes halogenated alkanes) is 3. The Hall–Kier alpha value is -3.09. The number of carbonyl (C=O) groups is 1. The second-order valence-electron chi connectivity index (χ2n) is 6.82. The molecule has 0 saturated carbocycles. The van der Waals surface area contributed by atoms with Crippen molar-refractivity contribution < 1.29 is 19.6 Å². The fourth-order valence-corrected chi connectivity index (χ4v) is 3.00. The summed E-state index contributed by atoms with van der Waals surface area (Å²) in [5.41, 5.74) is 7.21. The van der Waals surface area contributed by atoms with E-state index in [0.29, 0.717) is 22.6 Å². The number of nitro benzene ring substituents is 1. The van der Waals surface area contributed by atoms with Gasteiger partial charge in [-0.15, -0.1) is 0 Å². The second kappa shape index (κ2) is 9.73. The van der Waals surface area contributed by atoms with Gasteiger partial charge in [0, 0.05) is 0 Å². The normalized spacial score (nSPS) is 11.8. The fraction of sp³-hybridized carbons (Fsp3) is 0.381. The fourth-order valence-electron chi connectivity index (χ4n) is 3.00. The number of benzene rings is 2. The first-order chi connectivity index (χ1) is 13.3. The van der Waals surface area contributed by atoms with Crippen LogP contribution in [0.15, 0.2) is 36.4 Å². The molecular weight excluding hydrogens is 360 g/mol. The van der Waals surface area contributed by atoms with E-state index < -0.39 is 10.9 Å². The number of hydrogen-bond donors (Lipinski definition) is 2. The Morgan fingerprint density at radius 1 is 1.21 bits per heavy atom. The highest BCUT2D eigenvalue weighted by Crippen LogP contribution is 2.38. The zero-order valence-electron chi connectivity index (χ0n) is 16.2. The van der Waals surface area contributed by atoms with Gasteiger partial charge in [-0.1, -0.05) is 38.3 Å². The summed E-state index contributed by atoms with van der Waals surface area (Å²) < 4.78 is 5.85. The molecule has 3 N–H and O–H groups in total. The number of hydrogen-bond acceptors (Lipinski definition) is 5. The Balaban J connectivity index is 2.26. The molecule has 0 bridgehead atoms. The first-order valence-electron chi connectivity index (χ1n) is 9.41. The SMILES string of the molecule is CCCCCC[C@@H](C)Oc1cc([N+](=O)[O-])c(-c2ccc(C(=O)O)cc2)cc1N. The van der Waals surface area contributed by atoms with Crippen LogP contribution in [0.3, 0.4) is 0 Å². The average molecular weight is 386 g/mol. The minimum atomic E-state index is -1.06. The Kier molecular flexibility index (Phi) is 7.37. The molecule has 0 spiro atoms. The maximum Gasteiger partial charge on any atom is 0.335 e. The molecule has 0 aliphatic heterocycles. The monoisotopic (exact) mass is 386 g/mol. The van der Waals surface area contributed by atoms with Crippen LogP contribution in [-0.2, 0) is 0 Å². The number of nitrogens with zero attached hydrogens (tertiary/aromatic N) is 1. The molecule has 0 saturated heterocycles. The second-order valence-corrected chi connectivity index (χ2v) is 6.82. The highest BCUT2D eigenvalue weighted by atomic mass is 16.6. The number of carboxylic acids is 1. The number of nitro groups is 1. The lowest BCUT2D eigenvalue weighted by Crippen LogP contribution is -2.13. The van der Waals surface area contributed by atoms with Crippen LogP contribution in [-0.4, -0.2) is 22.1 Å². The minimum absolute atomic E-state index is 0.0977. The quantitative estimate of drug-likeness (QED) is 0.248. The van der Waals surface area contributed by atoms with Gasteiger partial charge in [0.2, 0.25) is 0 Å². The van der Waals surface area contributed by atoms with Crippen LogP contribution < -0.4 is 10.5 Å². The van der Waals surface area contributed by atoms with Crippen LogP contribution in [0.5, 0.6) is 5.75 Å². The molecule has 0 radical (unpaired) electrons. The summed E-state index contributed by atoms with van der Waals surface area (Å²) in [6.45, 7) is 4.08. The zero-order valence-corrected chi connectivity index (χ0v) is 16.2. The van der Waals surface area contributed by atoms with Crippen molar-refractivity contribution in [3.05, 3.63) is 52.1 Å². The Bertz CT molecular complexity index is 833. The third-order valence-electron chi connectivity index (χ3n) is 4.56. The largest absolute Gasteiger partial charge is 0.488 e. The molecule has 0 aliphatic rings. The summed E-state index contributed by atoms with van der Waals surface area (Å²) >= 11 is 0. The van der Waals surface area contributed by atoms with Crippen molar-refractivity contribution in [2.75, 3.05) is 5.73 Å². The van der Waals surface area contributed by atoms with Gasteiger partial charge in [0.05, 0.1) is 33.9 Å². The average Bonchev–Trinajstić information content (AvgIpc) is 2.66. The first-order valence-corrected chi connectivity index (χ1v) is 9.41. The van der Waals surface area contributed by atoms with Gasteiger partial charge in [0.25, 0.3) is 5.69 Å². The van der Waals surface area contributed by atoms with Crippen LogP contribution in [0.25, 0.3) is 11.1 Å². The molecule has 0 heterocycles. The van der Waals surface area contributed by atoms with Crippen LogP contribution in [0.4, 0.5) is 11.4 Å². The molecule has 2 aromatic carbocycles. The molecule has 0 amide bonds. The number of anilines is 1. The van der Waals surface area contributed by atoms with E-state index in [1.54, 1.807) is 0 Å². The van der Waals surface area contributed by atoms with Gasteiger partial charge in [-0.25, -0.2) is 4.79 Å². The lowest BCUT2D eigenvalue weighted by molar-refractivity contribution is -0.384. The molecule has 2 aromatic rings. The molecule has 28 heavy (non-hydrogen) atoms. The topological polar surface area (TPSA) is 116 Å². The summed E-state index contributed by atoms with van der Waals surface area (Å²) in [5.74, 6) is -0.766. The van der Waals surface area contributed by atoms with E-state index in [9.17, 15) is 14.9 Å². The summed E-state index contributed by atoms with van der Waals surface area (Å²) in [4.78, 5) is 22.1. The van der Waals surface area contributed by atoms with Gasteiger partial charge in [-0.3, -0.25) is 10.1 Å². The third-order valence-corrected chi connectivity index (χ3v) is 4.56. The molecule has 0 fully saturated rings. The van der Waals surface area contributed by atoms with Crippen molar-refractivity contribution in [2.24, 2.45) is 0 Å². The summed E-state index contributed by atoms with van der Waals surface area (Å²) in [6, 6.07) is 8.72. The third kappa shape index (κ3) is 5.45. The van der Waals surface area contributed by atoms with Crippen molar-refractivity contribution >= 4 is 17.3 Å². The standard InChI is InChI=1S/C21H26N2O5/c1-3-4-5-6-7-14(2)28-20-13-19(23(26)27)17(12-18(20)22)15-8-10-16(11-9-15)21(24)25/h8-14H,3-7,22H2,1-2H3,(H,24,25)/t14-/m1/s1. The lowest BCUT2D eigenvalue weighted by atomic mass is 10.0. The predicted molar refractivity (Wildman–Crippen MR) is 109 cm³/mol. The zero-order chi connectivity index (χ0) is 20.7. The van der Waals surface area contributed by atoms with E-state index in [0.717, 1.165) is 25.7 Å². The van der Waals surface area contributed by atoms with Crippen molar-refractivity contribution in [2.45, 2.75) is 52.1 Å². The Morgan fingerprint density at radius 3 is 2.46 bits per heavy atom. The van der Waals surface area contributed by atoms with Crippen molar-refractivity contribution in [3.8, 4) is 16.9 Å². The van der Waals surface area contributed by atoms with E-state index >= 15 is 0 Å². The van der Waals surface area contributed by atoms with Crippen LogP contribution in [0, 0.1) is 10.1 Å². The van der Waals surface area contributed by atoms with Crippen molar-refractivity contribution in [1.29, 1.82) is 0 Å². The summed E-state index contributed by atoms with van der Waals surface area (Å²) in [5, 5.41) is 20.6. The van der Waals surface area contributed by atoms with E-state index in [1.165, 1.54) is 42.8 Å². The van der Waals surface area contributed by atoms with Crippen molar-refractivity contribution in [3.63, 3.8) is 0 Å². The van der Waals surface area contributed by atoms with Crippen LogP contribution in [0.2, 0.25) is 0 Å². The molecule has 0 aromatic heterocycles. The number of nitrogen functional groups attached to an aromatic ring is 1. The maximum atomic E-state index is 11.6. The molecule has 150 valence electrons. The smallest absolute Gasteiger partial charge is 0.335 e. The molecular formula is C21H26N2O5. The van der Waals surface area contributed by atoms with Gasteiger partial charge in [-0.05, 0) is 43.5 Å². The van der Waals surface area contributed by atoms with E-state index in [1.807, 2.05) is 6.92 Å². The van der Waals surface area contributed by atoms with E-state index in [2.05, 4.69) is 6.92 Å². The van der Waals surface area contributed by atoms with Gasteiger partial charge in [0.15, 0.2) is 0 Å². The number of rotatable bonds is 10. The van der Waals surface area contributed by atoms with Crippen LogP contribution >= 0.6 is 0 Å². The number of ether oxygens (including phenoxy) is 1. The molecule has 0 aliphatic carbocycles. The van der Waals surface area contributed by atoms with E-state index in [-0.39, 0.29) is 17.4 Å². The molecule has 2 rings (SSSR count). The highest BCUT2D eigenvalue weighted by Gasteiger charge is 2.21. The first kappa shape index (κ1) is 21.2. The maximum absolute atomic E-state index is 11.6. The molecule has 1 atom stereocenters. The predicted octanol–water partition coefficient (Wildman–Crippen LogP) is 5.28. The van der Waals surface area contributed by atoms with Crippen molar-refractivity contribution in [1.82, 2.24) is 0 Å². The van der Waals surface area contributed by atoms with Gasteiger partial charge < -0.3 is 15.6 Å². The van der Waals surface area contributed by atoms with Gasteiger partial charge in [0.1, 0.15) is 5.75 Å². The Morgan fingerprint density at radius 2 is 1.89 bits per heavy atom.